The number of hydrogen-bond donors (Lipinski definition) is 2. The monoisotopic (exact) mass is 310 g/mol. The van der Waals surface area contributed by atoms with Gasteiger partial charge in [-0.1, -0.05) is 17.7 Å². The number of anilines is 3. The van der Waals surface area contributed by atoms with Crippen LogP contribution in [-0.4, -0.2) is 0 Å². The molecule has 3 N–H and O–H groups in total. The summed E-state index contributed by atoms with van der Waals surface area (Å²) in [7, 11) is 0. The lowest BCUT2D eigenvalue weighted by molar-refractivity contribution is 1.42. The highest BCUT2D eigenvalue weighted by Gasteiger charge is 2.04. The molecule has 0 amide bonds. The van der Waals surface area contributed by atoms with Gasteiger partial charge in [-0.2, -0.15) is 0 Å². The van der Waals surface area contributed by atoms with Gasteiger partial charge in [-0.3, -0.25) is 0 Å². The summed E-state index contributed by atoms with van der Waals surface area (Å²) in [5.41, 5.74) is 9.63. The third kappa shape index (κ3) is 2.73. The Kier molecular flexibility index (Phi) is 3.60. The lowest BCUT2D eigenvalue weighted by Crippen LogP contribution is -1.97. The summed E-state index contributed by atoms with van der Waals surface area (Å²) in [5.74, 6) is 0. The van der Waals surface area contributed by atoms with Crippen molar-refractivity contribution in [1.29, 1.82) is 0 Å². The molecule has 4 heteroatoms. The van der Waals surface area contributed by atoms with E-state index in [-0.39, 0.29) is 0 Å². The molecule has 0 atom stereocenters. The predicted molar refractivity (Wildman–Crippen MR) is 78.0 cm³/mol. The fourth-order valence-corrected chi connectivity index (χ4v) is 2.31. The van der Waals surface area contributed by atoms with Crippen LogP contribution in [0.3, 0.4) is 0 Å². The zero-order valence-electron chi connectivity index (χ0n) is 9.30. The van der Waals surface area contributed by atoms with Crippen molar-refractivity contribution in [2.24, 2.45) is 0 Å². The number of nitrogens with one attached hydrogen (secondary N) is 1. The predicted octanol–water partition coefficient (Wildman–Crippen LogP) is 4.74. The Morgan fingerprint density at radius 1 is 1.18 bits per heavy atom. The smallest absolute Gasteiger partial charge is 0.0529 e. The minimum Gasteiger partial charge on any atom is -0.398 e. The second kappa shape index (κ2) is 4.98. The molecule has 0 aromatic heterocycles. The molecule has 0 saturated carbocycles. The Balaban J connectivity index is 2.35. The third-order valence-corrected chi connectivity index (χ3v) is 3.47. The average Bonchev–Trinajstić information content (AvgIpc) is 2.28. The van der Waals surface area contributed by atoms with Gasteiger partial charge in [0.15, 0.2) is 0 Å². The summed E-state index contributed by atoms with van der Waals surface area (Å²) >= 11 is 9.37. The van der Waals surface area contributed by atoms with E-state index < -0.39 is 0 Å². The van der Waals surface area contributed by atoms with E-state index in [1.807, 2.05) is 43.3 Å². The summed E-state index contributed by atoms with van der Waals surface area (Å²) in [6.45, 7) is 1.99. The lowest BCUT2D eigenvalue weighted by atomic mass is 10.1. The van der Waals surface area contributed by atoms with Crippen LogP contribution in [0, 0.1) is 6.92 Å². The molecule has 2 nitrogen and oxygen atoms in total. The van der Waals surface area contributed by atoms with Crippen LogP contribution >= 0.6 is 27.5 Å². The van der Waals surface area contributed by atoms with Crippen LogP contribution in [0.5, 0.6) is 0 Å². The van der Waals surface area contributed by atoms with E-state index in [1.54, 1.807) is 0 Å². The van der Waals surface area contributed by atoms with Crippen LogP contribution < -0.4 is 11.1 Å². The first kappa shape index (κ1) is 12.3. The second-order valence-corrected chi connectivity index (χ2v) is 5.06. The zero-order valence-corrected chi connectivity index (χ0v) is 11.6. The normalized spacial score (nSPS) is 10.3. The molecule has 0 aliphatic heterocycles. The molecule has 2 aromatic rings. The molecule has 0 fully saturated rings. The van der Waals surface area contributed by atoms with E-state index >= 15 is 0 Å². The molecular weight excluding hydrogens is 300 g/mol. The molecular formula is C13H12BrClN2. The van der Waals surface area contributed by atoms with Gasteiger partial charge in [-0.05, 0) is 58.7 Å². The Morgan fingerprint density at radius 2 is 1.94 bits per heavy atom. The van der Waals surface area contributed by atoms with Crippen LogP contribution in [0.1, 0.15) is 5.56 Å². The fourth-order valence-electron chi connectivity index (χ4n) is 1.52. The number of nitrogens with two attached hydrogens (primary N) is 1. The van der Waals surface area contributed by atoms with Crippen LogP contribution in [0.4, 0.5) is 17.1 Å². The standard InChI is InChI=1S/C13H12BrClN2/c1-8-11(16)3-2-4-12(8)17-13-6-5-9(15)7-10(13)14/h2-7,17H,16H2,1H3. The minimum atomic E-state index is 0.701. The van der Waals surface area contributed by atoms with Gasteiger partial charge in [-0.25, -0.2) is 0 Å². The summed E-state index contributed by atoms with van der Waals surface area (Å²) < 4.78 is 0.923. The van der Waals surface area contributed by atoms with Gasteiger partial charge in [0.1, 0.15) is 0 Å². The maximum atomic E-state index is 5.90. The molecule has 88 valence electrons. The van der Waals surface area contributed by atoms with Crippen molar-refractivity contribution in [1.82, 2.24) is 0 Å². The number of hydrogen-bond acceptors (Lipinski definition) is 2. The lowest BCUT2D eigenvalue weighted by Gasteiger charge is -2.12. The first-order valence-electron chi connectivity index (χ1n) is 5.15. The molecule has 0 spiro atoms. The van der Waals surface area contributed by atoms with Crippen molar-refractivity contribution in [3.05, 3.63) is 51.5 Å². The van der Waals surface area contributed by atoms with Gasteiger partial charge < -0.3 is 11.1 Å². The van der Waals surface area contributed by atoms with Gasteiger partial charge in [-0.15, -0.1) is 0 Å². The highest BCUT2D eigenvalue weighted by atomic mass is 79.9. The van der Waals surface area contributed by atoms with E-state index in [9.17, 15) is 0 Å². The van der Waals surface area contributed by atoms with Gasteiger partial charge in [0.2, 0.25) is 0 Å². The first-order valence-corrected chi connectivity index (χ1v) is 6.32. The molecule has 0 unspecified atom stereocenters. The molecule has 0 bridgehead atoms. The van der Waals surface area contributed by atoms with Gasteiger partial charge >= 0.3 is 0 Å². The topological polar surface area (TPSA) is 38.0 Å². The molecule has 0 aliphatic carbocycles. The van der Waals surface area contributed by atoms with Crippen LogP contribution in [0.15, 0.2) is 40.9 Å². The fraction of sp³-hybridized carbons (Fsp3) is 0.0769. The van der Waals surface area contributed by atoms with Crippen molar-refractivity contribution >= 4 is 44.6 Å². The van der Waals surface area contributed by atoms with Gasteiger partial charge in [0.05, 0.1) is 5.69 Å². The van der Waals surface area contributed by atoms with E-state index in [0.29, 0.717) is 5.02 Å². The highest BCUT2D eigenvalue weighted by Crippen LogP contribution is 2.30. The summed E-state index contributed by atoms with van der Waals surface area (Å²) in [5, 5.41) is 4.02. The second-order valence-electron chi connectivity index (χ2n) is 3.77. The Bertz CT molecular complexity index is 555. The highest BCUT2D eigenvalue weighted by molar-refractivity contribution is 9.10. The van der Waals surface area contributed by atoms with Crippen LogP contribution in [-0.2, 0) is 0 Å². The molecule has 0 saturated heterocycles. The van der Waals surface area contributed by atoms with Crippen molar-refractivity contribution in [3.63, 3.8) is 0 Å². The van der Waals surface area contributed by atoms with E-state index in [2.05, 4.69) is 21.2 Å². The summed E-state index contributed by atoms with van der Waals surface area (Å²) in [6.07, 6.45) is 0. The maximum Gasteiger partial charge on any atom is 0.0529 e. The molecule has 2 rings (SSSR count). The van der Waals surface area contributed by atoms with E-state index in [1.165, 1.54) is 0 Å². The number of nitrogen functional groups attached to an aromatic ring is 1. The molecule has 0 heterocycles. The number of halogens is 2. The van der Waals surface area contributed by atoms with Crippen molar-refractivity contribution in [2.45, 2.75) is 6.92 Å². The molecule has 2 aromatic carbocycles. The maximum absolute atomic E-state index is 5.90. The van der Waals surface area contributed by atoms with Crippen molar-refractivity contribution < 1.29 is 0 Å². The van der Waals surface area contributed by atoms with Crippen LogP contribution in [0.2, 0.25) is 5.02 Å². The molecule has 0 aliphatic rings. The largest absolute Gasteiger partial charge is 0.398 e. The Labute approximate surface area is 114 Å². The SMILES string of the molecule is Cc1c(N)cccc1Nc1ccc(Cl)cc1Br. The molecule has 0 radical (unpaired) electrons. The van der Waals surface area contributed by atoms with Gasteiger partial charge in [0, 0.05) is 20.9 Å². The molecule has 17 heavy (non-hydrogen) atoms. The van der Waals surface area contributed by atoms with Crippen LogP contribution in [0.25, 0.3) is 0 Å². The van der Waals surface area contributed by atoms with E-state index in [4.69, 9.17) is 17.3 Å². The first-order chi connectivity index (χ1) is 8.08. The van der Waals surface area contributed by atoms with Crippen molar-refractivity contribution in [2.75, 3.05) is 11.1 Å². The van der Waals surface area contributed by atoms with E-state index in [0.717, 1.165) is 27.1 Å². The minimum absolute atomic E-state index is 0.701. The number of rotatable bonds is 2. The third-order valence-electron chi connectivity index (χ3n) is 2.58. The van der Waals surface area contributed by atoms with Crippen molar-refractivity contribution in [3.8, 4) is 0 Å². The quantitative estimate of drug-likeness (QED) is 0.786. The number of benzene rings is 2. The Hall–Kier alpha value is -1.19. The van der Waals surface area contributed by atoms with Gasteiger partial charge in [0.25, 0.3) is 0 Å². The summed E-state index contributed by atoms with van der Waals surface area (Å²) in [4.78, 5) is 0. The zero-order chi connectivity index (χ0) is 12.4. The average molecular weight is 312 g/mol. The summed E-state index contributed by atoms with van der Waals surface area (Å²) in [6, 6.07) is 11.4. The Morgan fingerprint density at radius 3 is 2.65 bits per heavy atom.